The molecule has 1 spiro atoms. The van der Waals surface area contributed by atoms with Crippen molar-refractivity contribution in [3.8, 4) is 17.2 Å². The molecule has 1 aromatic heterocycles. The van der Waals surface area contributed by atoms with Gasteiger partial charge in [-0.2, -0.15) is 13.2 Å². The summed E-state index contributed by atoms with van der Waals surface area (Å²) in [6, 6.07) is 4.13. The summed E-state index contributed by atoms with van der Waals surface area (Å²) in [5.41, 5.74) is -1.24. The smallest absolute Gasteiger partial charge is 0.492 e. The minimum Gasteiger partial charge on any atom is -0.492 e. The number of hydrogen-bond donors (Lipinski definition) is 2. The van der Waals surface area contributed by atoms with Gasteiger partial charge in [-0.15, -0.1) is 13.2 Å². The average Bonchev–Trinajstić information content (AvgIpc) is 3.32. The van der Waals surface area contributed by atoms with Crippen molar-refractivity contribution in [1.29, 1.82) is 0 Å². The minimum absolute atomic E-state index is 0.0838. The number of nitrogens with one attached hydrogen (secondary N) is 2. The fraction of sp³-hybridized carbons (Fsp3) is 0.433. The molecule has 0 radical (unpaired) electrons. The van der Waals surface area contributed by atoms with Crippen molar-refractivity contribution in [1.82, 2.24) is 15.2 Å². The van der Waals surface area contributed by atoms with Gasteiger partial charge in [-0.25, -0.2) is 9.18 Å². The van der Waals surface area contributed by atoms with Gasteiger partial charge in [-0.1, -0.05) is 6.07 Å². The van der Waals surface area contributed by atoms with Crippen LogP contribution >= 0.6 is 0 Å². The summed E-state index contributed by atoms with van der Waals surface area (Å²) in [6.07, 6.45) is -8.97. The molecule has 0 unspecified atom stereocenters. The number of rotatable bonds is 7. The molecule has 2 saturated heterocycles. The Morgan fingerprint density at radius 2 is 1.79 bits per heavy atom. The number of benzene rings is 2. The second-order valence-electron chi connectivity index (χ2n) is 11.5. The zero-order valence-electron chi connectivity index (χ0n) is 25.0. The van der Waals surface area contributed by atoms with Crippen LogP contribution in [0.2, 0.25) is 0 Å². The number of fused-ring (bicyclic) bond motifs is 1. The zero-order chi connectivity index (χ0) is 34.3. The normalized spacial score (nSPS) is 16.4. The molecule has 0 aliphatic carbocycles. The van der Waals surface area contributed by atoms with Crippen molar-refractivity contribution in [3.05, 3.63) is 57.6 Å². The molecule has 2 aliphatic rings. The van der Waals surface area contributed by atoms with E-state index < -0.39 is 53.3 Å². The summed E-state index contributed by atoms with van der Waals surface area (Å²) in [7, 11) is 1.13. The van der Waals surface area contributed by atoms with Crippen molar-refractivity contribution >= 4 is 28.6 Å². The van der Waals surface area contributed by atoms with Crippen LogP contribution < -0.4 is 35.2 Å². The lowest BCUT2D eigenvalue weighted by atomic mass is 9.77. The fourth-order valence-electron chi connectivity index (χ4n) is 6.02. The number of alkyl halides is 6. The van der Waals surface area contributed by atoms with E-state index in [1.807, 2.05) is 0 Å². The van der Waals surface area contributed by atoms with E-state index in [1.165, 1.54) is 13.0 Å². The van der Waals surface area contributed by atoms with Crippen molar-refractivity contribution in [2.24, 2.45) is 5.41 Å². The molecule has 17 heteroatoms. The maximum Gasteiger partial charge on any atom is 0.573 e. The number of piperidine rings is 1. The molecule has 5 rings (SSSR count). The third kappa shape index (κ3) is 7.49. The summed E-state index contributed by atoms with van der Waals surface area (Å²) >= 11 is 0. The number of methoxy groups -OCH3 is 1. The molecule has 2 aliphatic heterocycles. The summed E-state index contributed by atoms with van der Waals surface area (Å²) < 4.78 is 109. The topological polar surface area (TPSA) is 111 Å². The summed E-state index contributed by atoms with van der Waals surface area (Å²) in [5, 5.41) is 4.54. The van der Waals surface area contributed by atoms with E-state index in [1.54, 1.807) is 4.90 Å². The van der Waals surface area contributed by atoms with Crippen LogP contribution in [0.4, 0.5) is 41.2 Å². The van der Waals surface area contributed by atoms with E-state index in [2.05, 4.69) is 15.4 Å². The molecule has 0 atom stereocenters. The van der Waals surface area contributed by atoms with Crippen LogP contribution in [0.3, 0.4) is 0 Å². The SMILES string of the molecule is COc1c(N2CCC3(CC2)CNC(=O)C3)c(F)cc2c(=O)c(OC(=O)NCc3ccc(OC(F)(F)F)cc3C)cn(CC(F)(F)F)c12. The Labute approximate surface area is 262 Å². The molecular formula is C30H29F7N4O6. The zero-order valence-corrected chi connectivity index (χ0v) is 25.0. The molecule has 0 bridgehead atoms. The molecule has 10 nitrogen and oxygen atoms in total. The minimum atomic E-state index is -4.91. The lowest BCUT2D eigenvalue weighted by molar-refractivity contribution is -0.274. The molecule has 254 valence electrons. The van der Waals surface area contributed by atoms with Gasteiger partial charge in [-0.3, -0.25) is 9.59 Å². The van der Waals surface area contributed by atoms with Crippen molar-refractivity contribution in [2.75, 3.05) is 31.6 Å². The van der Waals surface area contributed by atoms with Gasteiger partial charge in [0.05, 0.1) is 24.2 Å². The lowest BCUT2D eigenvalue weighted by Gasteiger charge is -2.40. The number of amides is 2. The van der Waals surface area contributed by atoms with E-state index >= 15 is 4.39 Å². The van der Waals surface area contributed by atoms with E-state index in [0.29, 0.717) is 47.7 Å². The summed E-state index contributed by atoms with van der Waals surface area (Å²) in [6.45, 7) is 0.545. The number of nitrogens with zero attached hydrogens (tertiary/aromatic N) is 2. The number of halogens is 7. The van der Waals surface area contributed by atoms with E-state index in [9.17, 15) is 40.7 Å². The molecule has 2 N–H and O–H groups in total. The molecule has 0 saturated carbocycles. The van der Waals surface area contributed by atoms with Gasteiger partial charge in [0.2, 0.25) is 11.3 Å². The van der Waals surface area contributed by atoms with Gasteiger partial charge >= 0.3 is 18.6 Å². The second kappa shape index (κ2) is 12.5. The summed E-state index contributed by atoms with van der Waals surface area (Å²) in [5.74, 6) is -2.67. The van der Waals surface area contributed by atoms with Crippen molar-refractivity contribution < 1.29 is 54.5 Å². The van der Waals surface area contributed by atoms with Crippen molar-refractivity contribution in [2.45, 2.75) is 51.8 Å². The first-order valence-electron chi connectivity index (χ1n) is 14.3. The quantitative estimate of drug-likeness (QED) is 0.327. The molecule has 2 aromatic carbocycles. The first-order valence-corrected chi connectivity index (χ1v) is 14.3. The first-order chi connectivity index (χ1) is 22.0. The lowest BCUT2D eigenvalue weighted by Crippen LogP contribution is -2.41. The largest absolute Gasteiger partial charge is 0.573 e. The van der Waals surface area contributed by atoms with Gasteiger partial charge in [0.1, 0.15) is 18.0 Å². The van der Waals surface area contributed by atoms with Gasteiger partial charge in [0, 0.05) is 32.6 Å². The fourth-order valence-corrected chi connectivity index (χ4v) is 6.02. The molecule has 2 fully saturated rings. The number of hydrogen-bond acceptors (Lipinski definition) is 7. The van der Waals surface area contributed by atoms with Gasteiger partial charge in [0.25, 0.3) is 0 Å². The number of pyridine rings is 1. The van der Waals surface area contributed by atoms with Crippen LogP contribution in [0.5, 0.6) is 17.2 Å². The number of ether oxygens (including phenoxy) is 3. The van der Waals surface area contributed by atoms with Gasteiger partial charge < -0.3 is 34.3 Å². The number of aryl methyl sites for hydroxylation is 1. The Hall–Kier alpha value is -4.70. The van der Waals surface area contributed by atoms with Crippen LogP contribution in [0.1, 0.15) is 30.4 Å². The highest BCUT2D eigenvalue weighted by Crippen LogP contribution is 2.44. The molecule has 2 amide bonds. The summed E-state index contributed by atoms with van der Waals surface area (Å²) in [4.78, 5) is 39.4. The van der Waals surface area contributed by atoms with E-state index in [0.717, 1.165) is 25.3 Å². The van der Waals surface area contributed by atoms with Crippen LogP contribution in [-0.2, 0) is 17.9 Å². The maximum atomic E-state index is 15.7. The van der Waals surface area contributed by atoms with Crippen LogP contribution in [0.15, 0.2) is 35.3 Å². The Morgan fingerprint density at radius 1 is 1.09 bits per heavy atom. The van der Waals surface area contributed by atoms with Crippen LogP contribution in [-0.4, -0.2) is 55.9 Å². The van der Waals surface area contributed by atoms with Crippen LogP contribution in [0.25, 0.3) is 10.9 Å². The van der Waals surface area contributed by atoms with E-state index in [4.69, 9.17) is 9.47 Å². The highest BCUT2D eigenvalue weighted by atomic mass is 19.4. The highest BCUT2D eigenvalue weighted by Gasteiger charge is 2.42. The average molecular weight is 675 g/mol. The standard InChI is InChI=1S/C30H29F7N4O6/c1-16-9-18(47-30(35,36)37)4-3-17(16)12-38-27(44)46-21-13-41(15-29(32,33)34)23-19(25(21)43)10-20(31)24(26(23)45-2)40-7-5-28(6-8-40)11-22(42)39-14-28/h3-4,9-10,13H,5-8,11-12,14-15H2,1-2H3,(H,38,44)(H,39,42). The molecule has 3 aromatic rings. The molecule has 47 heavy (non-hydrogen) atoms. The highest BCUT2D eigenvalue weighted by molar-refractivity contribution is 5.92. The van der Waals surface area contributed by atoms with Gasteiger partial charge in [-0.05, 0) is 54.5 Å². The maximum absolute atomic E-state index is 15.7. The third-order valence-electron chi connectivity index (χ3n) is 8.27. The monoisotopic (exact) mass is 674 g/mol. The number of anilines is 1. The molecular weight excluding hydrogens is 645 g/mol. The van der Waals surface area contributed by atoms with Crippen LogP contribution in [0, 0.1) is 18.2 Å². The van der Waals surface area contributed by atoms with Gasteiger partial charge in [0.15, 0.2) is 17.3 Å². The predicted octanol–water partition coefficient (Wildman–Crippen LogP) is 5.31. The number of carbonyl (C=O) groups is 2. The second-order valence-corrected chi connectivity index (χ2v) is 11.5. The van der Waals surface area contributed by atoms with E-state index in [-0.39, 0.29) is 47.9 Å². The Bertz CT molecular complexity index is 1760. The predicted molar refractivity (Wildman–Crippen MR) is 153 cm³/mol. The number of carbonyl (C=O) groups excluding carboxylic acids is 2. The Kier molecular flexibility index (Phi) is 8.94. The molecule has 3 heterocycles. The first kappa shape index (κ1) is 33.7. The number of aromatic nitrogens is 1. The Morgan fingerprint density at radius 3 is 2.36 bits per heavy atom. The van der Waals surface area contributed by atoms with Crippen molar-refractivity contribution in [3.63, 3.8) is 0 Å². The Balaban J connectivity index is 1.43. The third-order valence-corrected chi connectivity index (χ3v) is 8.27.